The van der Waals surface area contributed by atoms with E-state index >= 15 is 0 Å². The van der Waals surface area contributed by atoms with Crippen molar-refractivity contribution >= 4 is 11.6 Å². The molecular weight excluding hydrogens is 224 g/mol. The van der Waals surface area contributed by atoms with Gasteiger partial charge in [-0.3, -0.25) is 0 Å². The van der Waals surface area contributed by atoms with Gasteiger partial charge in [0.25, 0.3) is 0 Å². The van der Waals surface area contributed by atoms with Crippen molar-refractivity contribution in [3.63, 3.8) is 0 Å². The SMILES string of the molecule is CCCc1nc(N)cc(N2CC(C)CCC2C)n1. The minimum absolute atomic E-state index is 0.546. The van der Waals surface area contributed by atoms with Crippen LogP contribution in [-0.4, -0.2) is 22.6 Å². The number of rotatable bonds is 3. The molecule has 4 nitrogen and oxygen atoms in total. The Bertz CT molecular complexity index is 405. The highest BCUT2D eigenvalue weighted by Crippen LogP contribution is 2.27. The Labute approximate surface area is 110 Å². The van der Waals surface area contributed by atoms with E-state index in [4.69, 9.17) is 5.73 Å². The quantitative estimate of drug-likeness (QED) is 0.893. The van der Waals surface area contributed by atoms with E-state index in [-0.39, 0.29) is 0 Å². The molecule has 1 aliphatic rings. The molecule has 1 aromatic heterocycles. The molecular formula is C14H24N4. The first kappa shape index (κ1) is 13.1. The number of hydrogen-bond donors (Lipinski definition) is 1. The maximum atomic E-state index is 5.90. The fourth-order valence-corrected chi connectivity index (χ4v) is 2.59. The van der Waals surface area contributed by atoms with Gasteiger partial charge in [0, 0.05) is 25.1 Å². The molecule has 2 rings (SSSR count). The average molecular weight is 248 g/mol. The van der Waals surface area contributed by atoms with Crippen LogP contribution in [0.3, 0.4) is 0 Å². The average Bonchev–Trinajstić information content (AvgIpc) is 2.32. The summed E-state index contributed by atoms with van der Waals surface area (Å²) in [4.78, 5) is 11.3. The zero-order valence-electron chi connectivity index (χ0n) is 11.7. The fourth-order valence-electron chi connectivity index (χ4n) is 2.59. The Morgan fingerprint density at radius 1 is 1.33 bits per heavy atom. The molecule has 2 atom stereocenters. The van der Waals surface area contributed by atoms with Crippen molar-refractivity contribution in [3.8, 4) is 0 Å². The molecule has 0 amide bonds. The van der Waals surface area contributed by atoms with E-state index < -0.39 is 0 Å². The molecule has 2 heterocycles. The molecule has 0 aliphatic carbocycles. The highest BCUT2D eigenvalue weighted by Gasteiger charge is 2.24. The third-order valence-electron chi connectivity index (χ3n) is 3.66. The van der Waals surface area contributed by atoms with Crippen molar-refractivity contribution < 1.29 is 0 Å². The number of hydrogen-bond acceptors (Lipinski definition) is 4. The standard InChI is InChI=1S/C14H24N4/c1-4-5-13-16-12(15)8-14(17-13)18-9-10(2)6-7-11(18)3/h8,10-11H,4-7,9H2,1-3H3,(H2,15,16,17). The Hall–Kier alpha value is -1.32. The number of nitrogen functional groups attached to an aromatic ring is 1. The van der Waals surface area contributed by atoms with Gasteiger partial charge >= 0.3 is 0 Å². The topological polar surface area (TPSA) is 55.0 Å². The van der Waals surface area contributed by atoms with Gasteiger partial charge in [-0.2, -0.15) is 0 Å². The van der Waals surface area contributed by atoms with Crippen LogP contribution in [0.15, 0.2) is 6.07 Å². The molecule has 1 fully saturated rings. The molecule has 0 aromatic carbocycles. The molecule has 100 valence electrons. The van der Waals surface area contributed by atoms with Gasteiger partial charge < -0.3 is 10.6 Å². The number of aromatic nitrogens is 2. The molecule has 0 bridgehead atoms. The van der Waals surface area contributed by atoms with Crippen LogP contribution in [-0.2, 0) is 6.42 Å². The molecule has 0 saturated carbocycles. The van der Waals surface area contributed by atoms with Crippen molar-refractivity contribution in [1.29, 1.82) is 0 Å². The Morgan fingerprint density at radius 3 is 2.83 bits per heavy atom. The summed E-state index contributed by atoms with van der Waals surface area (Å²) in [6.45, 7) is 7.78. The van der Waals surface area contributed by atoms with Gasteiger partial charge in [-0.15, -0.1) is 0 Å². The van der Waals surface area contributed by atoms with Crippen molar-refractivity contribution in [1.82, 2.24) is 9.97 Å². The Morgan fingerprint density at radius 2 is 2.11 bits per heavy atom. The van der Waals surface area contributed by atoms with Gasteiger partial charge in [0.2, 0.25) is 0 Å². The number of piperidine rings is 1. The van der Waals surface area contributed by atoms with Crippen LogP contribution >= 0.6 is 0 Å². The molecule has 1 aliphatic heterocycles. The molecule has 18 heavy (non-hydrogen) atoms. The second-order valence-corrected chi connectivity index (χ2v) is 5.50. The first-order valence-corrected chi connectivity index (χ1v) is 7.00. The van der Waals surface area contributed by atoms with Crippen LogP contribution in [0.5, 0.6) is 0 Å². The minimum atomic E-state index is 0.546. The van der Waals surface area contributed by atoms with Gasteiger partial charge in [-0.1, -0.05) is 13.8 Å². The van der Waals surface area contributed by atoms with Crippen LogP contribution < -0.4 is 10.6 Å². The number of nitrogens with two attached hydrogens (primary N) is 1. The van der Waals surface area contributed by atoms with E-state index in [1.807, 2.05) is 6.07 Å². The van der Waals surface area contributed by atoms with Gasteiger partial charge in [-0.25, -0.2) is 9.97 Å². The first-order chi connectivity index (χ1) is 8.60. The maximum absolute atomic E-state index is 5.90. The monoisotopic (exact) mass is 248 g/mol. The second-order valence-electron chi connectivity index (χ2n) is 5.50. The van der Waals surface area contributed by atoms with Gasteiger partial charge in [0.15, 0.2) is 0 Å². The lowest BCUT2D eigenvalue weighted by atomic mass is 9.95. The maximum Gasteiger partial charge on any atom is 0.134 e. The van der Waals surface area contributed by atoms with Gasteiger partial charge in [0.1, 0.15) is 17.5 Å². The zero-order chi connectivity index (χ0) is 13.1. The summed E-state index contributed by atoms with van der Waals surface area (Å²) in [6, 6.07) is 2.46. The van der Waals surface area contributed by atoms with Crippen molar-refractivity contribution in [3.05, 3.63) is 11.9 Å². The molecule has 0 spiro atoms. The molecule has 1 aromatic rings. The smallest absolute Gasteiger partial charge is 0.134 e. The summed E-state index contributed by atoms with van der Waals surface area (Å²) in [6.07, 6.45) is 4.49. The number of aryl methyl sites for hydroxylation is 1. The van der Waals surface area contributed by atoms with Crippen LogP contribution in [0.4, 0.5) is 11.6 Å². The Balaban J connectivity index is 2.25. The lowest BCUT2D eigenvalue weighted by molar-refractivity contribution is 0.388. The number of nitrogens with zero attached hydrogens (tertiary/aromatic N) is 3. The molecule has 1 saturated heterocycles. The van der Waals surface area contributed by atoms with E-state index in [1.165, 1.54) is 12.8 Å². The lowest BCUT2D eigenvalue weighted by Crippen LogP contribution is -2.41. The van der Waals surface area contributed by atoms with E-state index in [0.717, 1.165) is 36.9 Å². The predicted molar refractivity (Wildman–Crippen MR) is 75.6 cm³/mol. The summed E-state index contributed by atoms with van der Waals surface area (Å²) in [7, 11) is 0. The first-order valence-electron chi connectivity index (χ1n) is 7.00. The van der Waals surface area contributed by atoms with Gasteiger partial charge in [-0.05, 0) is 32.1 Å². The highest BCUT2D eigenvalue weighted by molar-refractivity contribution is 5.48. The summed E-state index contributed by atoms with van der Waals surface area (Å²) in [5, 5.41) is 0. The molecule has 2 unspecified atom stereocenters. The minimum Gasteiger partial charge on any atom is -0.384 e. The summed E-state index contributed by atoms with van der Waals surface area (Å²) in [5.41, 5.74) is 5.90. The molecule has 0 radical (unpaired) electrons. The lowest BCUT2D eigenvalue weighted by Gasteiger charge is -2.37. The largest absolute Gasteiger partial charge is 0.384 e. The van der Waals surface area contributed by atoms with E-state index in [9.17, 15) is 0 Å². The third kappa shape index (κ3) is 2.92. The van der Waals surface area contributed by atoms with Gasteiger partial charge in [0.05, 0.1) is 0 Å². The normalized spacial score (nSPS) is 24.3. The summed E-state index contributed by atoms with van der Waals surface area (Å²) >= 11 is 0. The summed E-state index contributed by atoms with van der Waals surface area (Å²) < 4.78 is 0. The Kier molecular flexibility index (Phi) is 4.04. The summed E-state index contributed by atoms with van der Waals surface area (Å²) in [5.74, 6) is 3.20. The van der Waals surface area contributed by atoms with Crippen molar-refractivity contribution in [2.24, 2.45) is 5.92 Å². The van der Waals surface area contributed by atoms with E-state index in [2.05, 4.69) is 35.6 Å². The second kappa shape index (κ2) is 5.55. The number of anilines is 2. The van der Waals surface area contributed by atoms with Crippen LogP contribution in [0.1, 0.15) is 45.9 Å². The van der Waals surface area contributed by atoms with Crippen LogP contribution in [0, 0.1) is 5.92 Å². The van der Waals surface area contributed by atoms with E-state index in [0.29, 0.717) is 11.9 Å². The zero-order valence-corrected chi connectivity index (χ0v) is 11.7. The van der Waals surface area contributed by atoms with Crippen LogP contribution in [0.25, 0.3) is 0 Å². The molecule has 2 N–H and O–H groups in total. The predicted octanol–water partition coefficient (Wildman–Crippen LogP) is 2.64. The van der Waals surface area contributed by atoms with E-state index in [1.54, 1.807) is 0 Å². The fraction of sp³-hybridized carbons (Fsp3) is 0.714. The van der Waals surface area contributed by atoms with Crippen LogP contribution in [0.2, 0.25) is 0 Å². The van der Waals surface area contributed by atoms with Crippen molar-refractivity contribution in [2.45, 2.75) is 52.5 Å². The highest BCUT2D eigenvalue weighted by atomic mass is 15.2. The van der Waals surface area contributed by atoms with Crippen molar-refractivity contribution in [2.75, 3.05) is 17.2 Å². The molecule has 4 heteroatoms. The third-order valence-corrected chi connectivity index (χ3v) is 3.66.